The van der Waals surface area contributed by atoms with Crippen molar-refractivity contribution in [2.75, 3.05) is 39.8 Å². The molecule has 1 saturated heterocycles. The Labute approximate surface area is 135 Å². The molecule has 1 aromatic carbocycles. The number of carbonyl (C=O) groups is 1. The third kappa shape index (κ3) is 4.10. The first-order valence-electron chi connectivity index (χ1n) is 7.87. The SMILES string of the molecule is CN1CCOC(CN(CC(N)=O)Cc2coc3ccccc23)C1. The summed E-state index contributed by atoms with van der Waals surface area (Å²) in [6, 6.07) is 7.90. The van der Waals surface area contributed by atoms with E-state index in [9.17, 15) is 4.79 Å². The van der Waals surface area contributed by atoms with E-state index in [1.54, 1.807) is 6.26 Å². The van der Waals surface area contributed by atoms with Gasteiger partial charge in [-0.05, 0) is 13.1 Å². The lowest BCUT2D eigenvalue weighted by Gasteiger charge is -2.33. The van der Waals surface area contributed by atoms with Crippen molar-refractivity contribution >= 4 is 16.9 Å². The number of ether oxygens (including phenoxy) is 1. The van der Waals surface area contributed by atoms with Crippen LogP contribution < -0.4 is 5.73 Å². The Morgan fingerprint density at radius 2 is 2.26 bits per heavy atom. The highest BCUT2D eigenvalue weighted by atomic mass is 16.5. The van der Waals surface area contributed by atoms with E-state index in [2.05, 4.69) is 11.9 Å². The second-order valence-corrected chi connectivity index (χ2v) is 6.15. The highest BCUT2D eigenvalue weighted by Crippen LogP contribution is 2.22. The van der Waals surface area contributed by atoms with Crippen LogP contribution in [0, 0.1) is 0 Å². The number of furan rings is 1. The van der Waals surface area contributed by atoms with Crippen molar-refractivity contribution in [1.82, 2.24) is 9.80 Å². The average Bonchev–Trinajstić information content (AvgIpc) is 2.90. The number of benzene rings is 1. The lowest BCUT2D eigenvalue weighted by Crippen LogP contribution is -2.47. The van der Waals surface area contributed by atoms with Gasteiger partial charge in [-0.15, -0.1) is 0 Å². The molecule has 1 fully saturated rings. The number of para-hydroxylation sites is 1. The smallest absolute Gasteiger partial charge is 0.231 e. The van der Waals surface area contributed by atoms with E-state index in [-0.39, 0.29) is 18.6 Å². The van der Waals surface area contributed by atoms with Crippen LogP contribution in [0.4, 0.5) is 0 Å². The lowest BCUT2D eigenvalue weighted by atomic mass is 10.1. The first kappa shape index (κ1) is 16.0. The Hall–Kier alpha value is -1.89. The van der Waals surface area contributed by atoms with E-state index in [1.165, 1.54) is 0 Å². The quantitative estimate of drug-likeness (QED) is 0.862. The van der Waals surface area contributed by atoms with Gasteiger partial charge in [0.05, 0.1) is 25.5 Å². The largest absolute Gasteiger partial charge is 0.464 e. The summed E-state index contributed by atoms with van der Waals surface area (Å²) >= 11 is 0. The van der Waals surface area contributed by atoms with Gasteiger partial charge in [0.25, 0.3) is 0 Å². The molecule has 1 amide bonds. The highest BCUT2D eigenvalue weighted by molar-refractivity contribution is 5.81. The van der Waals surface area contributed by atoms with Gasteiger partial charge >= 0.3 is 0 Å². The Morgan fingerprint density at radius 3 is 3.04 bits per heavy atom. The number of fused-ring (bicyclic) bond motifs is 1. The normalized spacial score (nSPS) is 19.5. The molecule has 1 aliphatic heterocycles. The Balaban J connectivity index is 1.72. The van der Waals surface area contributed by atoms with E-state index in [0.29, 0.717) is 13.1 Å². The number of nitrogens with zero attached hydrogens (tertiary/aromatic N) is 2. The third-order valence-corrected chi connectivity index (χ3v) is 4.14. The molecule has 6 nitrogen and oxygen atoms in total. The zero-order valence-corrected chi connectivity index (χ0v) is 13.4. The van der Waals surface area contributed by atoms with Crippen molar-refractivity contribution in [2.24, 2.45) is 5.73 Å². The van der Waals surface area contributed by atoms with Crippen LogP contribution in [0.5, 0.6) is 0 Å². The van der Waals surface area contributed by atoms with Gasteiger partial charge in [-0.25, -0.2) is 0 Å². The summed E-state index contributed by atoms with van der Waals surface area (Å²) in [5.41, 5.74) is 7.33. The van der Waals surface area contributed by atoms with Crippen LogP contribution in [0.25, 0.3) is 11.0 Å². The zero-order chi connectivity index (χ0) is 16.2. The number of hydrogen-bond acceptors (Lipinski definition) is 5. The van der Waals surface area contributed by atoms with Gasteiger partial charge in [0.15, 0.2) is 0 Å². The number of amides is 1. The van der Waals surface area contributed by atoms with Gasteiger partial charge in [-0.1, -0.05) is 18.2 Å². The molecule has 1 unspecified atom stereocenters. The summed E-state index contributed by atoms with van der Waals surface area (Å²) in [5, 5.41) is 1.07. The van der Waals surface area contributed by atoms with Crippen LogP contribution in [0.3, 0.4) is 0 Å². The van der Waals surface area contributed by atoms with Crippen molar-refractivity contribution < 1.29 is 13.9 Å². The Morgan fingerprint density at radius 1 is 1.43 bits per heavy atom. The molecule has 2 N–H and O–H groups in total. The maximum atomic E-state index is 11.4. The van der Waals surface area contributed by atoms with Crippen LogP contribution in [0.2, 0.25) is 0 Å². The van der Waals surface area contributed by atoms with E-state index < -0.39 is 0 Å². The maximum absolute atomic E-state index is 11.4. The van der Waals surface area contributed by atoms with Crippen LogP contribution in [-0.2, 0) is 16.1 Å². The molecule has 0 bridgehead atoms. The van der Waals surface area contributed by atoms with Crippen molar-refractivity contribution in [1.29, 1.82) is 0 Å². The fraction of sp³-hybridized carbons (Fsp3) is 0.471. The number of carbonyl (C=O) groups excluding carboxylic acids is 1. The molecule has 0 spiro atoms. The number of rotatable bonds is 6. The summed E-state index contributed by atoms with van der Waals surface area (Å²) < 4.78 is 11.4. The van der Waals surface area contributed by atoms with Crippen molar-refractivity contribution in [3.63, 3.8) is 0 Å². The maximum Gasteiger partial charge on any atom is 0.231 e. The first-order chi connectivity index (χ1) is 11.1. The monoisotopic (exact) mass is 317 g/mol. The van der Waals surface area contributed by atoms with Crippen LogP contribution >= 0.6 is 0 Å². The molecule has 124 valence electrons. The van der Waals surface area contributed by atoms with Gasteiger partial charge in [-0.2, -0.15) is 0 Å². The van der Waals surface area contributed by atoms with Crippen molar-refractivity contribution in [3.8, 4) is 0 Å². The number of morpholine rings is 1. The van der Waals surface area contributed by atoms with Gasteiger partial charge in [-0.3, -0.25) is 9.69 Å². The molecule has 1 aliphatic rings. The molecular formula is C17H23N3O3. The number of likely N-dealkylation sites (N-methyl/N-ethyl adjacent to an activating group) is 1. The van der Waals surface area contributed by atoms with Gasteiger partial charge in [0, 0.05) is 37.1 Å². The van der Waals surface area contributed by atoms with Gasteiger partial charge in [0.1, 0.15) is 5.58 Å². The molecule has 1 atom stereocenters. The minimum atomic E-state index is -0.332. The Kier molecular flexibility index (Phi) is 4.95. The van der Waals surface area contributed by atoms with Crippen LogP contribution in [0.1, 0.15) is 5.56 Å². The summed E-state index contributed by atoms with van der Waals surface area (Å²) in [7, 11) is 2.08. The second-order valence-electron chi connectivity index (χ2n) is 6.15. The molecule has 23 heavy (non-hydrogen) atoms. The topological polar surface area (TPSA) is 71.9 Å². The van der Waals surface area contributed by atoms with Gasteiger partial charge < -0.3 is 19.8 Å². The van der Waals surface area contributed by atoms with Crippen LogP contribution in [0.15, 0.2) is 34.9 Å². The van der Waals surface area contributed by atoms with E-state index in [0.717, 1.165) is 36.2 Å². The summed E-state index contributed by atoms with van der Waals surface area (Å²) in [6.07, 6.45) is 1.85. The molecule has 0 saturated carbocycles. The molecule has 3 rings (SSSR count). The number of primary amides is 1. The molecule has 1 aromatic heterocycles. The van der Waals surface area contributed by atoms with E-state index >= 15 is 0 Å². The Bertz CT molecular complexity index is 670. The summed E-state index contributed by atoms with van der Waals surface area (Å²) in [5.74, 6) is -0.332. The molecule has 0 radical (unpaired) electrons. The molecule has 6 heteroatoms. The predicted molar refractivity (Wildman–Crippen MR) is 87.9 cm³/mol. The zero-order valence-electron chi connectivity index (χ0n) is 13.4. The van der Waals surface area contributed by atoms with Gasteiger partial charge in [0.2, 0.25) is 5.91 Å². The molecular weight excluding hydrogens is 294 g/mol. The number of hydrogen-bond donors (Lipinski definition) is 1. The van der Waals surface area contributed by atoms with Crippen molar-refractivity contribution in [2.45, 2.75) is 12.6 Å². The minimum absolute atomic E-state index is 0.0891. The predicted octanol–water partition coefficient (Wildman–Crippen LogP) is 1.05. The van der Waals surface area contributed by atoms with E-state index in [1.807, 2.05) is 29.2 Å². The highest BCUT2D eigenvalue weighted by Gasteiger charge is 2.22. The average molecular weight is 317 g/mol. The summed E-state index contributed by atoms with van der Waals surface area (Å²) in [6.45, 7) is 4.03. The number of nitrogens with two attached hydrogens (primary N) is 1. The van der Waals surface area contributed by atoms with Crippen molar-refractivity contribution in [3.05, 3.63) is 36.1 Å². The third-order valence-electron chi connectivity index (χ3n) is 4.14. The standard InChI is InChI=1S/C17H23N3O3/c1-19-6-7-22-14(9-19)10-20(11-17(18)21)8-13-12-23-16-5-3-2-4-15(13)16/h2-5,12,14H,6-11H2,1H3,(H2,18,21). The fourth-order valence-corrected chi connectivity index (χ4v) is 3.07. The van der Waals surface area contributed by atoms with E-state index in [4.69, 9.17) is 14.9 Å². The summed E-state index contributed by atoms with van der Waals surface area (Å²) in [4.78, 5) is 15.7. The second kappa shape index (κ2) is 7.12. The van der Waals surface area contributed by atoms with Crippen LogP contribution in [-0.4, -0.2) is 61.6 Å². The lowest BCUT2D eigenvalue weighted by molar-refractivity contribution is -0.120. The molecule has 2 aromatic rings. The minimum Gasteiger partial charge on any atom is -0.464 e. The molecule has 0 aliphatic carbocycles. The molecule has 2 heterocycles. The fourth-order valence-electron chi connectivity index (χ4n) is 3.07. The first-order valence-corrected chi connectivity index (χ1v) is 7.87.